The first-order valence-corrected chi connectivity index (χ1v) is 6.73. The van der Waals surface area contributed by atoms with Crippen molar-refractivity contribution in [2.75, 3.05) is 0 Å². The van der Waals surface area contributed by atoms with E-state index < -0.39 is 10.0 Å². The van der Waals surface area contributed by atoms with Gasteiger partial charge in [-0.05, 0) is 24.5 Å². The number of aryl methyl sites for hydroxylation is 1. The second kappa shape index (κ2) is 3.93. The monoisotopic (exact) mass is 255 g/mol. The van der Waals surface area contributed by atoms with Crippen LogP contribution >= 0.6 is 11.5 Å². The zero-order valence-electron chi connectivity index (χ0n) is 8.41. The zero-order chi connectivity index (χ0) is 11.8. The van der Waals surface area contributed by atoms with Crippen LogP contribution < -0.4 is 5.14 Å². The Labute approximate surface area is 97.1 Å². The summed E-state index contributed by atoms with van der Waals surface area (Å²) >= 11 is 1.22. The molecular formula is C9H9N3O2S2. The van der Waals surface area contributed by atoms with Crippen LogP contribution in [0.3, 0.4) is 0 Å². The van der Waals surface area contributed by atoms with Gasteiger partial charge in [-0.15, -0.1) is 5.10 Å². The molecule has 0 bridgehead atoms. The van der Waals surface area contributed by atoms with E-state index in [2.05, 4.69) is 9.59 Å². The van der Waals surface area contributed by atoms with E-state index in [4.69, 9.17) is 5.14 Å². The predicted octanol–water partition coefficient (Wildman–Crippen LogP) is 1.16. The second-order valence-corrected chi connectivity index (χ2v) is 5.71. The summed E-state index contributed by atoms with van der Waals surface area (Å²) in [6.07, 6.45) is 0. The van der Waals surface area contributed by atoms with Gasteiger partial charge in [0.1, 0.15) is 5.69 Å². The Kier molecular flexibility index (Phi) is 2.75. The largest absolute Gasteiger partial charge is 0.238 e. The molecule has 0 aliphatic rings. The standard InChI is InChI=1S/C9H9N3O2S2/c1-6-9(11-12-15-6)7-4-2-3-5-8(7)16(10,13)14/h2-5H,1H3,(H2,10,13,14). The minimum atomic E-state index is -3.74. The molecule has 0 saturated carbocycles. The molecule has 0 saturated heterocycles. The smallest absolute Gasteiger partial charge is 0.225 e. The van der Waals surface area contributed by atoms with E-state index in [-0.39, 0.29) is 4.90 Å². The van der Waals surface area contributed by atoms with Crippen molar-refractivity contribution in [2.24, 2.45) is 5.14 Å². The first kappa shape index (κ1) is 11.2. The predicted molar refractivity (Wildman–Crippen MR) is 61.5 cm³/mol. The summed E-state index contributed by atoms with van der Waals surface area (Å²) in [6, 6.07) is 6.49. The third-order valence-corrected chi connectivity index (χ3v) is 3.70. The van der Waals surface area contributed by atoms with Crippen LogP contribution in [0.4, 0.5) is 0 Å². The van der Waals surface area contributed by atoms with Crippen LogP contribution in [0.25, 0.3) is 11.3 Å². The van der Waals surface area contributed by atoms with E-state index in [1.807, 2.05) is 6.92 Å². The molecule has 2 rings (SSSR count). The maximum atomic E-state index is 11.4. The molecule has 0 fully saturated rings. The minimum absolute atomic E-state index is 0.0748. The molecule has 0 unspecified atom stereocenters. The number of hydrogen-bond acceptors (Lipinski definition) is 5. The summed E-state index contributed by atoms with van der Waals surface area (Å²) in [4.78, 5) is 0.932. The van der Waals surface area contributed by atoms with Gasteiger partial charge < -0.3 is 0 Å². The third kappa shape index (κ3) is 1.97. The molecule has 0 atom stereocenters. The highest BCUT2D eigenvalue weighted by Gasteiger charge is 2.17. The number of aromatic nitrogens is 2. The normalized spacial score (nSPS) is 11.6. The van der Waals surface area contributed by atoms with Crippen molar-refractivity contribution in [1.29, 1.82) is 0 Å². The third-order valence-electron chi connectivity index (χ3n) is 2.10. The lowest BCUT2D eigenvalue weighted by atomic mass is 10.1. The Morgan fingerprint density at radius 3 is 2.56 bits per heavy atom. The molecule has 0 amide bonds. The van der Waals surface area contributed by atoms with Crippen LogP contribution in [0.5, 0.6) is 0 Å². The summed E-state index contributed by atoms with van der Waals surface area (Å²) in [6.45, 7) is 1.83. The maximum absolute atomic E-state index is 11.4. The van der Waals surface area contributed by atoms with Crippen molar-refractivity contribution in [3.05, 3.63) is 29.1 Å². The van der Waals surface area contributed by atoms with Gasteiger partial charge in [0.05, 0.1) is 9.77 Å². The van der Waals surface area contributed by atoms with Crippen LogP contribution in [-0.2, 0) is 10.0 Å². The molecule has 84 valence electrons. The van der Waals surface area contributed by atoms with Gasteiger partial charge in [-0.3, -0.25) is 0 Å². The number of hydrogen-bond donors (Lipinski definition) is 1. The highest BCUT2D eigenvalue weighted by Crippen LogP contribution is 2.28. The summed E-state index contributed by atoms with van der Waals surface area (Å²) in [5.74, 6) is 0. The molecule has 0 spiro atoms. The van der Waals surface area contributed by atoms with Crippen LogP contribution in [0.1, 0.15) is 4.88 Å². The molecule has 16 heavy (non-hydrogen) atoms. The summed E-state index contributed by atoms with van der Waals surface area (Å²) in [7, 11) is -3.74. The van der Waals surface area contributed by atoms with Gasteiger partial charge in [-0.2, -0.15) is 0 Å². The van der Waals surface area contributed by atoms with Crippen LogP contribution in [0, 0.1) is 6.92 Å². The van der Waals surface area contributed by atoms with Gasteiger partial charge in [0.2, 0.25) is 10.0 Å². The molecule has 5 nitrogen and oxygen atoms in total. The number of primary sulfonamides is 1. The lowest BCUT2D eigenvalue weighted by Gasteiger charge is -2.04. The SMILES string of the molecule is Cc1snnc1-c1ccccc1S(N)(=O)=O. The van der Waals surface area contributed by atoms with Gasteiger partial charge in [-0.1, -0.05) is 22.7 Å². The lowest BCUT2D eigenvalue weighted by Crippen LogP contribution is -2.13. The van der Waals surface area contributed by atoms with E-state index in [0.29, 0.717) is 11.3 Å². The topological polar surface area (TPSA) is 85.9 Å². The van der Waals surface area contributed by atoms with Crippen LogP contribution in [-0.4, -0.2) is 18.0 Å². The quantitative estimate of drug-likeness (QED) is 0.872. The summed E-state index contributed by atoms with van der Waals surface area (Å²) in [5.41, 5.74) is 1.06. The average Bonchev–Trinajstić information content (AvgIpc) is 2.63. The Hall–Kier alpha value is -1.31. The van der Waals surface area contributed by atoms with Gasteiger partial charge in [-0.25, -0.2) is 13.6 Å². The molecule has 2 aromatic rings. The number of nitrogens with two attached hydrogens (primary N) is 1. The zero-order valence-corrected chi connectivity index (χ0v) is 10.0. The molecule has 0 aliphatic heterocycles. The first-order valence-electron chi connectivity index (χ1n) is 4.41. The molecule has 0 radical (unpaired) electrons. The fourth-order valence-electron chi connectivity index (χ4n) is 1.39. The van der Waals surface area contributed by atoms with Gasteiger partial charge in [0.25, 0.3) is 0 Å². The van der Waals surface area contributed by atoms with E-state index in [9.17, 15) is 8.42 Å². The van der Waals surface area contributed by atoms with Crippen molar-refractivity contribution >= 4 is 21.6 Å². The van der Waals surface area contributed by atoms with Crippen LogP contribution in [0.15, 0.2) is 29.2 Å². The molecular weight excluding hydrogens is 246 g/mol. The fourth-order valence-corrected chi connectivity index (χ4v) is 2.61. The van der Waals surface area contributed by atoms with Crippen molar-refractivity contribution in [2.45, 2.75) is 11.8 Å². The van der Waals surface area contributed by atoms with E-state index in [0.717, 1.165) is 4.88 Å². The van der Waals surface area contributed by atoms with Crippen molar-refractivity contribution < 1.29 is 8.42 Å². The molecule has 2 N–H and O–H groups in total. The van der Waals surface area contributed by atoms with Crippen molar-refractivity contribution in [3.63, 3.8) is 0 Å². The number of nitrogens with zero attached hydrogens (tertiary/aromatic N) is 2. The van der Waals surface area contributed by atoms with Crippen molar-refractivity contribution in [1.82, 2.24) is 9.59 Å². The Bertz CT molecular complexity index is 619. The molecule has 1 aromatic heterocycles. The second-order valence-electron chi connectivity index (χ2n) is 3.22. The number of sulfonamides is 1. The highest BCUT2D eigenvalue weighted by atomic mass is 32.2. The molecule has 1 aromatic carbocycles. The molecule has 1 heterocycles. The van der Waals surface area contributed by atoms with E-state index in [1.54, 1.807) is 18.2 Å². The Balaban J connectivity index is 2.72. The molecule has 7 heteroatoms. The van der Waals surface area contributed by atoms with Gasteiger partial charge >= 0.3 is 0 Å². The Morgan fingerprint density at radius 2 is 2.00 bits per heavy atom. The van der Waals surface area contributed by atoms with Crippen LogP contribution in [0.2, 0.25) is 0 Å². The minimum Gasteiger partial charge on any atom is -0.225 e. The number of benzene rings is 1. The lowest BCUT2D eigenvalue weighted by molar-refractivity contribution is 0.598. The molecule has 0 aliphatic carbocycles. The average molecular weight is 255 g/mol. The fraction of sp³-hybridized carbons (Fsp3) is 0.111. The summed E-state index contributed by atoms with van der Waals surface area (Å²) in [5, 5.41) is 9.05. The van der Waals surface area contributed by atoms with Gasteiger partial charge in [0, 0.05) is 5.56 Å². The van der Waals surface area contributed by atoms with E-state index >= 15 is 0 Å². The van der Waals surface area contributed by atoms with E-state index in [1.165, 1.54) is 17.6 Å². The van der Waals surface area contributed by atoms with Gasteiger partial charge in [0.15, 0.2) is 0 Å². The summed E-state index contributed by atoms with van der Waals surface area (Å²) < 4.78 is 26.6. The Morgan fingerprint density at radius 1 is 1.31 bits per heavy atom. The maximum Gasteiger partial charge on any atom is 0.238 e. The number of rotatable bonds is 2. The first-order chi connectivity index (χ1) is 7.50. The van der Waals surface area contributed by atoms with Crippen molar-refractivity contribution in [3.8, 4) is 11.3 Å². The highest BCUT2D eigenvalue weighted by molar-refractivity contribution is 7.89.